The van der Waals surface area contributed by atoms with Gasteiger partial charge in [0.25, 0.3) is 0 Å². The molecule has 1 saturated heterocycles. The highest BCUT2D eigenvalue weighted by atomic mass is 16.5. The van der Waals surface area contributed by atoms with Crippen LogP contribution in [0, 0.1) is 0 Å². The Morgan fingerprint density at radius 2 is 1.89 bits per heavy atom. The Bertz CT molecular complexity index is 667. The fourth-order valence-corrected chi connectivity index (χ4v) is 2.89. The molecule has 0 bridgehead atoms. The monoisotopic (exact) mass is 375 g/mol. The van der Waals surface area contributed by atoms with Crippen LogP contribution in [0.5, 0.6) is 11.5 Å². The number of piperazine rings is 1. The van der Waals surface area contributed by atoms with E-state index < -0.39 is 0 Å². The molecule has 2 amide bonds. The van der Waals surface area contributed by atoms with Crippen molar-refractivity contribution in [1.82, 2.24) is 15.1 Å². The van der Waals surface area contributed by atoms with Gasteiger partial charge < -0.3 is 19.7 Å². The molecule has 1 aliphatic heterocycles. The summed E-state index contributed by atoms with van der Waals surface area (Å²) in [5.41, 5.74) is 0.788. The lowest BCUT2D eigenvalue weighted by Gasteiger charge is -2.33. The summed E-state index contributed by atoms with van der Waals surface area (Å²) >= 11 is 0. The molecule has 0 saturated carbocycles. The molecule has 1 heterocycles. The summed E-state index contributed by atoms with van der Waals surface area (Å²) in [5.74, 6) is 1.39. The van der Waals surface area contributed by atoms with Crippen LogP contribution in [0.2, 0.25) is 0 Å². The number of amides is 2. The molecule has 148 valence electrons. The number of carbonyl (C=O) groups excluding carboxylic acids is 2. The van der Waals surface area contributed by atoms with Crippen LogP contribution in [0.15, 0.2) is 24.3 Å². The first-order chi connectivity index (χ1) is 13.1. The molecular weight excluding hydrogens is 346 g/mol. The van der Waals surface area contributed by atoms with Crippen molar-refractivity contribution >= 4 is 17.9 Å². The van der Waals surface area contributed by atoms with Crippen LogP contribution < -0.4 is 14.8 Å². The van der Waals surface area contributed by atoms with Crippen molar-refractivity contribution in [2.75, 3.05) is 53.5 Å². The summed E-state index contributed by atoms with van der Waals surface area (Å²) in [5, 5.41) is 2.88. The molecule has 1 aromatic rings. The van der Waals surface area contributed by atoms with Crippen molar-refractivity contribution in [3.63, 3.8) is 0 Å². The molecule has 1 aliphatic rings. The Morgan fingerprint density at radius 1 is 1.15 bits per heavy atom. The first-order valence-electron chi connectivity index (χ1n) is 9.25. The van der Waals surface area contributed by atoms with Crippen molar-refractivity contribution in [2.45, 2.75) is 13.3 Å². The van der Waals surface area contributed by atoms with Gasteiger partial charge in [-0.2, -0.15) is 0 Å². The number of nitrogens with zero attached hydrogens (tertiary/aromatic N) is 2. The molecule has 2 rings (SSSR count). The summed E-state index contributed by atoms with van der Waals surface area (Å²) < 4.78 is 10.5. The molecule has 1 aromatic carbocycles. The molecule has 7 nitrogen and oxygen atoms in total. The molecule has 0 aliphatic carbocycles. The maximum atomic E-state index is 12.5. The van der Waals surface area contributed by atoms with Gasteiger partial charge in [0.05, 0.1) is 20.8 Å². The van der Waals surface area contributed by atoms with E-state index in [1.807, 2.05) is 25.1 Å². The first kappa shape index (κ1) is 20.8. The zero-order chi connectivity index (χ0) is 19.6. The third-order valence-electron chi connectivity index (χ3n) is 4.47. The standard InChI is InChI=1S/C20H29N3O4/c1-4-9-21-19(24)15-22-10-12-23(13-11-22)20(25)8-5-16-14-17(26-2)6-7-18(16)27-3/h5-8,14H,4,9-13,15H2,1-3H3,(H,21,24)/b8-5+. The highest BCUT2D eigenvalue weighted by Crippen LogP contribution is 2.25. The molecule has 1 fully saturated rings. The van der Waals surface area contributed by atoms with Gasteiger partial charge >= 0.3 is 0 Å². The van der Waals surface area contributed by atoms with Crippen LogP contribution in [-0.4, -0.2) is 75.1 Å². The Morgan fingerprint density at radius 3 is 2.52 bits per heavy atom. The minimum Gasteiger partial charge on any atom is -0.497 e. The van der Waals surface area contributed by atoms with Crippen LogP contribution in [-0.2, 0) is 9.59 Å². The largest absolute Gasteiger partial charge is 0.497 e. The van der Waals surface area contributed by atoms with E-state index in [-0.39, 0.29) is 11.8 Å². The van der Waals surface area contributed by atoms with Gasteiger partial charge in [-0.3, -0.25) is 14.5 Å². The summed E-state index contributed by atoms with van der Waals surface area (Å²) in [6, 6.07) is 5.45. The van der Waals surface area contributed by atoms with Gasteiger partial charge in [0.15, 0.2) is 0 Å². The number of rotatable bonds is 8. The van der Waals surface area contributed by atoms with E-state index in [1.165, 1.54) is 0 Å². The average Bonchev–Trinajstić information content (AvgIpc) is 2.70. The van der Waals surface area contributed by atoms with E-state index in [9.17, 15) is 9.59 Å². The van der Waals surface area contributed by atoms with E-state index in [0.29, 0.717) is 50.8 Å². The molecule has 0 aromatic heterocycles. The number of hydrogen-bond acceptors (Lipinski definition) is 5. The lowest BCUT2D eigenvalue weighted by atomic mass is 10.1. The number of ether oxygens (including phenoxy) is 2. The maximum absolute atomic E-state index is 12.5. The Hall–Kier alpha value is -2.54. The van der Waals surface area contributed by atoms with Crippen molar-refractivity contribution in [3.8, 4) is 11.5 Å². The van der Waals surface area contributed by atoms with E-state index in [1.54, 1.807) is 31.3 Å². The van der Waals surface area contributed by atoms with E-state index >= 15 is 0 Å². The topological polar surface area (TPSA) is 71.1 Å². The predicted octanol–water partition coefficient (Wildman–Crippen LogP) is 1.39. The lowest BCUT2D eigenvalue weighted by molar-refractivity contribution is -0.128. The Labute approximate surface area is 160 Å². The van der Waals surface area contributed by atoms with Crippen molar-refractivity contribution < 1.29 is 19.1 Å². The second-order valence-electron chi connectivity index (χ2n) is 6.39. The van der Waals surface area contributed by atoms with Crippen molar-refractivity contribution in [2.24, 2.45) is 0 Å². The maximum Gasteiger partial charge on any atom is 0.246 e. The Balaban J connectivity index is 1.87. The second kappa shape index (κ2) is 10.6. The summed E-state index contributed by atoms with van der Waals surface area (Å²) in [6.07, 6.45) is 4.23. The molecule has 0 atom stereocenters. The lowest BCUT2D eigenvalue weighted by Crippen LogP contribution is -2.50. The molecule has 0 unspecified atom stereocenters. The normalized spacial score (nSPS) is 15.0. The number of carbonyl (C=O) groups is 2. The minimum absolute atomic E-state index is 0.0432. The molecule has 1 N–H and O–H groups in total. The minimum atomic E-state index is -0.0463. The van der Waals surface area contributed by atoms with E-state index in [0.717, 1.165) is 12.0 Å². The number of methoxy groups -OCH3 is 2. The summed E-state index contributed by atoms with van der Waals surface area (Å²) in [4.78, 5) is 28.1. The number of nitrogens with one attached hydrogen (secondary N) is 1. The SMILES string of the molecule is CCCNC(=O)CN1CCN(C(=O)/C=C/c2cc(OC)ccc2OC)CC1. The van der Waals surface area contributed by atoms with Gasteiger partial charge in [0.2, 0.25) is 11.8 Å². The van der Waals surface area contributed by atoms with E-state index in [4.69, 9.17) is 9.47 Å². The van der Waals surface area contributed by atoms with Crippen molar-refractivity contribution in [1.29, 1.82) is 0 Å². The highest BCUT2D eigenvalue weighted by Gasteiger charge is 2.21. The Kier molecular flexibility index (Phi) is 8.13. The number of hydrogen-bond donors (Lipinski definition) is 1. The van der Waals surface area contributed by atoms with Gasteiger partial charge in [0, 0.05) is 44.4 Å². The highest BCUT2D eigenvalue weighted by molar-refractivity contribution is 5.92. The van der Waals surface area contributed by atoms with E-state index in [2.05, 4.69) is 10.2 Å². The fraction of sp³-hybridized carbons (Fsp3) is 0.500. The quantitative estimate of drug-likeness (QED) is 0.695. The van der Waals surface area contributed by atoms with Gasteiger partial charge in [-0.25, -0.2) is 0 Å². The molecule has 0 spiro atoms. The number of benzene rings is 1. The average molecular weight is 375 g/mol. The molecule has 7 heteroatoms. The van der Waals surface area contributed by atoms with Crippen LogP contribution in [0.25, 0.3) is 6.08 Å². The van der Waals surface area contributed by atoms with Gasteiger partial charge in [-0.1, -0.05) is 6.92 Å². The second-order valence-corrected chi connectivity index (χ2v) is 6.39. The molecule has 27 heavy (non-hydrogen) atoms. The smallest absolute Gasteiger partial charge is 0.246 e. The summed E-state index contributed by atoms with van der Waals surface area (Å²) in [7, 11) is 3.19. The molecular formula is C20H29N3O4. The van der Waals surface area contributed by atoms with Gasteiger partial charge in [-0.05, 0) is 30.7 Å². The molecule has 0 radical (unpaired) electrons. The van der Waals surface area contributed by atoms with Crippen LogP contribution in [0.1, 0.15) is 18.9 Å². The van der Waals surface area contributed by atoms with Gasteiger partial charge in [0.1, 0.15) is 11.5 Å². The van der Waals surface area contributed by atoms with Gasteiger partial charge in [-0.15, -0.1) is 0 Å². The third-order valence-corrected chi connectivity index (χ3v) is 4.47. The zero-order valence-corrected chi connectivity index (χ0v) is 16.4. The van der Waals surface area contributed by atoms with Crippen LogP contribution in [0.3, 0.4) is 0 Å². The van der Waals surface area contributed by atoms with Crippen LogP contribution >= 0.6 is 0 Å². The zero-order valence-electron chi connectivity index (χ0n) is 16.4. The predicted molar refractivity (Wildman–Crippen MR) is 105 cm³/mol. The fourth-order valence-electron chi connectivity index (χ4n) is 2.89. The van der Waals surface area contributed by atoms with Crippen LogP contribution in [0.4, 0.5) is 0 Å². The van der Waals surface area contributed by atoms with Crippen molar-refractivity contribution in [3.05, 3.63) is 29.8 Å². The third kappa shape index (κ3) is 6.29. The first-order valence-corrected chi connectivity index (χ1v) is 9.25. The summed E-state index contributed by atoms with van der Waals surface area (Å²) in [6.45, 7) is 5.73.